The van der Waals surface area contributed by atoms with E-state index in [1.165, 1.54) is 0 Å². The van der Waals surface area contributed by atoms with Gasteiger partial charge >= 0.3 is 5.97 Å². The maximum atomic E-state index is 10.8. The van der Waals surface area contributed by atoms with Crippen LogP contribution in [0, 0.1) is 11.3 Å². The van der Waals surface area contributed by atoms with Crippen molar-refractivity contribution in [2.45, 2.75) is 45.6 Å². The zero-order chi connectivity index (χ0) is 12.2. The number of hydrogen-bond donors (Lipinski definition) is 3. The lowest BCUT2D eigenvalue weighted by Crippen LogP contribution is -2.51. The zero-order valence-corrected chi connectivity index (χ0v) is 10.2. The summed E-state index contributed by atoms with van der Waals surface area (Å²) in [5.41, 5.74) is -0.0847. The van der Waals surface area contributed by atoms with Gasteiger partial charge in [-0.1, -0.05) is 13.8 Å². The van der Waals surface area contributed by atoms with Gasteiger partial charge in [0.25, 0.3) is 0 Å². The maximum absolute atomic E-state index is 10.8. The second kappa shape index (κ2) is 5.64. The molecule has 0 aromatic carbocycles. The highest BCUT2D eigenvalue weighted by Gasteiger charge is 2.37. The van der Waals surface area contributed by atoms with Crippen molar-refractivity contribution < 1.29 is 15.0 Å². The number of carboxylic acids is 1. The highest BCUT2D eigenvalue weighted by atomic mass is 16.4. The molecule has 1 rings (SSSR count). The number of aliphatic hydroxyl groups excluding tert-OH is 1. The van der Waals surface area contributed by atoms with Gasteiger partial charge in [-0.2, -0.15) is 0 Å². The first-order valence-electron chi connectivity index (χ1n) is 6.15. The van der Waals surface area contributed by atoms with E-state index in [1.807, 2.05) is 0 Å². The Balaban J connectivity index is 2.41. The molecular formula is C12H23NO3. The normalized spacial score (nSPS) is 25.2. The minimum absolute atomic E-state index is 0.0847. The Hall–Kier alpha value is -0.610. The van der Waals surface area contributed by atoms with Crippen molar-refractivity contribution in [3.63, 3.8) is 0 Å². The third-order valence-corrected chi connectivity index (χ3v) is 4.17. The quantitative estimate of drug-likeness (QED) is 0.614. The number of nitrogens with one attached hydrogen (secondary N) is 1. The SMILES string of the molecule is CCC(CC)(CO)CNC1CCC1C(=O)O. The standard InChI is InChI=1S/C12H23NO3/c1-3-12(4-2,8-14)7-13-10-6-5-9(10)11(15)16/h9-10,13-14H,3-8H2,1-2H3,(H,15,16). The molecule has 2 unspecified atom stereocenters. The van der Waals surface area contributed by atoms with Crippen LogP contribution in [-0.2, 0) is 4.79 Å². The molecule has 0 aromatic rings. The summed E-state index contributed by atoms with van der Waals surface area (Å²) in [7, 11) is 0. The molecule has 1 aliphatic carbocycles. The topological polar surface area (TPSA) is 69.6 Å². The Labute approximate surface area is 97.0 Å². The van der Waals surface area contributed by atoms with Gasteiger partial charge in [-0.15, -0.1) is 0 Å². The van der Waals surface area contributed by atoms with Gasteiger partial charge in [0.2, 0.25) is 0 Å². The van der Waals surface area contributed by atoms with Gasteiger partial charge in [-0.3, -0.25) is 4.79 Å². The average Bonchev–Trinajstić information content (AvgIpc) is 2.23. The minimum Gasteiger partial charge on any atom is -0.481 e. The van der Waals surface area contributed by atoms with Crippen molar-refractivity contribution in [2.24, 2.45) is 11.3 Å². The Kier molecular flexibility index (Phi) is 4.74. The van der Waals surface area contributed by atoms with Crippen LogP contribution in [0.25, 0.3) is 0 Å². The van der Waals surface area contributed by atoms with Crippen LogP contribution in [0.15, 0.2) is 0 Å². The third kappa shape index (κ3) is 2.74. The van der Waals surface area contributed by atoms with Crippen molar-refractivity contribution in [3.8, 4) is 0 Å². The summed E-state index contributed by atoms with van der Waals surface area (Å²) >= 11 is 0. The summed E-state index contributed by atoms with van der Waals surface area (Å²) in [5.74, 6) is -0.934. The van der Waals surface area contributed by atoms with Crippen LogP contribution in [0.3, 0.4) is 0 Å². The lowest BCUT2D eigenvalue weighted by molar-refractivity contribution is -0.146. The van der Waals surface area contributed by atoms with Gasteiger partial charge in [0.15, 0.2) is 0 Å². The van der Waals surface area contributed by atoms with E-state index < -0.39 is 5.97 Å². The lowest BCUT2D eigenvalue weighted by atomic mass is 9.77. The number of aliphatic carboxylic acids is 1. The van der Waals surface area contributed by atoms with E-state index in [0.29, 0.717) is 6.54 Å². The molecule has 3 N–H and O–H groups in total. The molecular weight excluding hydrogens is 206 g/mol. The highest BCUT2D eigenvalue weighted by Crippen LogP contribution is 2.30. The van der Waals surface area contributed by atoms with Crippen molar-refractivity contribution in [2.75, 3.05) is 13.2 Å². The summed E-state index contributed by atoms with van der Waals surface area (Å²) in [6, 6.07) is 0.0986. The van der Waals surface area contributed by atoms with E-state index in [4.69, 9.17) is 5.11 Å². The second-order valence-corrected chi connectivity index (χ2v) is 4.87. The Morgan fingerprint density at radius 2 is 2.00 bits per heavy atom. The highest BCUT2D eigenvalue weighted by molar-refractivity contribution is 5.72. The van der Waals surface area contributed by atoms with E-state index in [1.54, 1.807) is 0 Å². The first kappa shape index (κ1) is 13.5. The molecule has 0 aromatic heterocycles. The molecule has 4 nitrogen and oxygen atoms in total. The predicted octanol–water partition coefficient (Wildman–Crippen LogP) is 1.24. The van der Waals surface area contributed by atoms with Crippen LogP contribution >= 0.6 is 0 Å². The average molecular weight is 229 g/mol. The molecule has 2 atom stereocenters. The van der Waals surface area contributed by atoms with E-state index in [-0.39, 0.29) is 24.0 Å². The van der Waals surface area contributed by atoms with Crippen molar-refractivity contribution in [3.05, 3.63) is 0 Å². The molecule has 0 bridgehead atoms. The van der Waals surface area contributed by atoms with Crippen LogP contribution < -0.4 is 5.32 Å². The van der Waals surface area contributed by atoms with Crippen LogP contribution in [0.1, 0.15) is 39.5 Å². The predicted molar refractivity (Wildman–Crippen MR) is 62.3 cm³/mol. The maximum Gasteiger partial charge on any atom is 0.308 e. The van der Waals surface area contributed by atoms with E-state index in [9.17, 15) is 9.90 Å². The Bertz CT molecular complexity index is 230. The van der Waals surface area contributed by atoms with Crippen molar-refractivity contribution in [1.82, 2.24) is 5.32 Å². The van der Waals surface area contributed by atoms with Gasteiger partial charge < -0.3 is 15.5 Å². The molecule has 1 fully saturated rings. The molecule has 16 heavy (non-hydrogen) atoms. The van der Waals surface area contributed by atoms with E-state index in [2.05, 4.69) is 19.2 Å². The number of hydrogen-bond acceptors (Lipinski definition) is 3. The first-order chi connectivity index (χ1) is 7.58. The van der Waals surface area contributed by atoms with Crippen LogP contribution in [0.5, 0.6) is 0 Å². The Morgan fingerprint density at radius 1 is 1.38 bits per heavy atom. The summed E-state index contributed by atoms with van der Waals surface area (Å²) in [5, 5.41) is 21.6. The zero-order valence-electron chi connectivity index (χ0n) is 10.2. The fraction of sp³-hybridized carbons (Fsp3) is 0.917. The number of carbonyl (C=O) groups is 1. The molecule has 0 spiro atoms. The molecule has 94 valence electrons. The molecule has 0 radical (unpaired) electrons. The largest absolute Gasteiger partial charge is 0.481 e. The minimum atomic E-state index is -0.702. The van der Waals surface area contributed by atoms with Crippen molar-refractivity contribution >= 4 is 5.97 Å². The Morgan fingerprint density at radius 3 is 2.31 bits per heavy atom. The van der Waals surface area contributed by atoms with Gasteiger partial charge in [-0.05, 0) is 25.7 Å². The molecule has 1 saturated carbocycles. The summed E-state index contributed by atoms with van der Waals surface area (Å²) in [4.78, 5) is 10.8. The lowest BCUT2D eigenvalue weighted by Gasteiger charge is -2.38. The van der Waals surface area contributed by atoms with E-state index >= 15 is 0 Å². The second-order valence-electron chi connectivity index (χ2n) is 4.87. The first-order valence-corrected chi connectivity index (χ1v) is 6.15. The monoisotopic (exact) mass is 229 g/mol. The van der Waals surface area contributed by atoms with Crippen molar-refractivity contribution in [1.29, 1.82) is 0 Å². The molecule has 0 heterocycles. The fourth-order valence-electron chi connectivity index (χ4n) is 2.17. The van der Waals surface area contributed by atoms with E-state index in [0.717, 1.165) is 25.7 Å². The third-order valence-electron chi connectivity index (χ3n) is 4.17. The smallest absolute Gasteiger partial charge is 0.308 e. The van der Waals surface area contributed by atoms with Crippen LogP contribution in [-0.4, -0.2) is 35.4 Å². The number of rotatable bonds is 7. The van der Waals surface area contributed by atoms with Gasteiger partial charge in [0.05, 0.1) is 5.92 Å². The summed E-state index contributed by atoms with van der Waals surface area (Å²) < 4.78 is 0. The van der Waals surface area contributed by atoms with Crippen LogP contribution in [0.2, 0.25) is 0 Å². The van der Waals surface area contributed by atoms with Gasteiger partial charge in [-0.25, -0.2) is 0 Å². The fourth-order valence-corrected chi connectivity index (χ4v) is 2.17. The summed E-state index contributed by atoms with van der Waals surface area (Å²) in [6.45, 7) is 5.01. The van der Waals surface area contributed by atoms with Gasteiger partial charge in [0.1, 0.15) is 0 Å². The van der Waals surface area contributed by atoms with Gasteiger partial charge in [0, 0.05) is 24.6 Å². The molecule has 4 heteroatoms. The molecule has 0 amide bonds. The van der Waals surface area contributed by atoms with Crippen LogP contribution in [0.4, 0.5) is 0 Å². The molecule has 0 saturated heterocycles. The molecule has 1 aliphatic rings. The molecule has 0 aliphatic heterocycles. The summed E-state index contributed by atoms with van der Waals surface area (Å²) in [6.07, 6.45) is 3.54. The number of carboxylic acid groups (broad SMARTS) is 1. The number of aliphatic hydroxyl groups is 1.